The van der Waals surface area contributed by atoms with Gasteiger partial charge in [0.15, 0.2) is 0 Å². The first-order chi connectivity index (χ1) is 25.0. The Balaban J connectivity index is 1.30. The molecule has 2 fully saturated rings. The van der Waals surface area contributed by atoms with Gasteiger partial charge in [0.2, 0.25) is 5.91 Å². The molecule has 1 aromatic heterocycles. The number of alkyl halides is 3. The molecule has 2 atom stereocenters. The maximum absolute atomic E-state index is 14.5. The highest BCUT2D eigenvalue weighted by Crippen LogP contribution is 2.47. The van der Waals surface area contributed by atoms with E-state index in [1.807, 2.05) is 30.3 Å². The molecule has 3 aromatic carbocycles. The molecular formula is C38H38F4N6O4. The second-order valence-electron chi connectivity index (χ2n) is 13.4. The van der Waals surface area contributed by atoms with E-state index in [-0.39, 0.29) is 24.6 Å². The number of aromatic nitrogens is 2. The number of likely N-dealkylation sites (N-methyl/N-ethyl adjacent to an activating group) is 1. The lowest BCUT2D eigenvalue weighted by Gasteiger charge is -2.38. The number of fused-ring (bicyclic) bond motifs is 1. The van der Waals surface area contributed by atoms with Crippen LogP contribution in [-0.2, 0) is 27.0 Å². The molecule has 52 heavy (non-hydrogen) atoms. The Morgan fingerprint density at radius 3 is 2.35 bits per heavy atom. The number of anilines is 1. The lowest BCUT2D eigenvalue weighted by atomic mass is 9.80. The van der Waals surface area contributed by atoms with E-state index in [0.717, 1.165) is 44.1 Å². The van der Waals surface area contributed by atoms with Gasteiger partial charge in [-0.15, -0.1) is 0 Å². The lowest BCUT2D eigenvalue weighted by molar-refractivity contribution is -0.137. The molecule has 2 aliphatic heterocycles. The summed E-state index contributed by atoms with van der Waals surface area (Å²) in [6.45, 7) is 5.24. The molecule has 3 heterocycles. The maximum atomic E-state index is 14.5. The summed E-state index contributed by atoms with van der Waals surface area (Å²) in [6.07, 6.45) is -3.20. The minimum atomic E-state index is -4.69. The maximum Gasteiger partial charge on any atom is 0.416 e. The van der Waals surface area contributed by atoms with E-state index < -0.39 is 46.7 Å². The summed E-state index contributed by atoms with van der Waals surface area (Å²) >= 11 is 0. The third kappa shape index (κ3) is 6.92. The van der Waals surface area contributed by atoms with Crippen LogP contribution in [0.5, 0.6) is 0 Å². The number of rotatable bonds is 10. The smallest absolute Gasteiger partial charge is 0.379 e. The molecule has 3 aliphatic rings. The quantitative estimate of drug-likeness (QED) is 0.222. The fourth-order valence-electron chi connectivity index (χ4n) is 7.19. The van der Waals surface area contributed by atoms with Crippen LogP contribution in [0.25, 0.3) is 5.69 Å². The van der Waals surface area contributed by atoms with Crippen LogP contribution >= 0.6 is 0 Å². The van der Waals surface area contributed by atoms with Crippen LogP contribution in [0.4, 0.5) is 23.4 Å². The molecule has 1 saturated carbocycles. The Kier molecular flexibility index (Phi) is 9.61. The number of carbonyl (C=O) groups excluding carboxylic acids is 3. The van der Waals surface area contributed by atoms with Gasteiger partial charge in [-0.25, -0.2) is 9.07 Å². The van der Waals surface area contributed by atoms with Crippen molar-refractivity contribution in [2.45, 2.75) is 44.4 Å². The average molecular weight is 719 g/mol. The number of carbonyl (C=O) groups is 3. The third-order valence-corrected chi connectivity index (χ3v) is 10.1. The second-order valence-corrected chi connectivity index (χ2v) is 13.4. The van der Waals surface area contributed by atoms with Gasteiger partial charge in [-0.05, 0) is 67.8 Å². The molecule has 0 radical (unpaired) electrons. The summed E-state index contributed by atoms with van der Waals surface area (Å²) in [4.78, 5) is 45.7. The van der Waals surface area contributed by atoms with Crippen LogP contribution in [0, 0.1) is 11.2 Å². The Morgan fingerprint density at radius 2 is 1.69 bits per heavy atom. The van der Waals surface area contributed by atoms with Crippen molar-refractivity contribution in [2.24, 2.45) is 5.41 Å². The zero-order chi connectivity index (χ0) is 36.6. The number of benzene rings is 3. The summed E-state index contributed by atoms with van der Waals surface area (Å²) in [7, 11) is 0. The van der Waals surface area contributed by atoms with Gasteiger partial charge in [0.1, 0.15) is 17.7 Å². The molecule has 0 unspecified atom stereocenters. The van der Waals surface area contributed by atoms with Gasteiger partial charge < -0.3 is 15.4 Å². The normalized spacial score (nSPS) is 19.9. The number of para-hydroxylation sites is 1. The van der Waals surface area contributed by atoms with E-state index in [1.165, 1.54) is 35.2 Å². The van der Waals surface area contributed by atoms with Crippen molar-refractivity contribution < 1.29 is 36.7 Å². The van der Waals surface area contributed by atoms with Crippen molar-refractivity contribution in [1.82, 2.24) is 25.3 Å². The predicted molar refractivity (Wildman–Crippen MR) is 183 cm³/mol. The topological polar surface area (TPSA) is 109 Å². The Morgan fingerprint density at radius 1 is 0.981 bits per heavy atom. The minimum absolute atomic E-state index is 0.0103. The first-order valence-corrected chi connectivity index (χ1v) is 17.3. The number of amides is 3. The monoisotopic (exact) mass is 718 g/mol. The molecule has 4 aromatic rings. The molecule has 7 rings (SSSR count). The van der Waals surface area contributed by atoms with Gasteiger partial charge in [-0.1, -0.05) is 36.4 Å². The molecule has 272 valence electrons. The number of nitrogens with zero attached hydrogens (tertiary/aromatic N) is 4. The van der Waals surface area contributed by atoms with Gasteiger partial charge in [-0.3, -0.25) is 24.2 Å². The highest BCUT2D eigenvalue weighted by Gasteiger charge is 2.51. The van der Waals surface area contributed by atoms with Gasteiger partial charge in [0.05, 0.1) is 42.1 Å². The predicted octanol–water partition coefficient (Wildman–Crippen LogP) is 5.06. The van der Waals surface area contributed by atoms with Gasteiger partial charge in [-0.2, -0.15) is 18.3 Å². The van der Waals surface area contributed by atoms with Crippen molar-refractivity contribution in [2.75, 3.05) is 44.3 Å². The Bertz CT molecular complexity index is 1960. The number of ether oxygens (including phenoxy) is 1. The van der Waals surface area contributed by atoms with Crippen LogP contribution in [0.15, 0.2) is 78.9 Å². The molecule has 0 spiro atoms. The molecule has 10 nitrogen and oxygen atoms in total. The van der Waals surface area contributed by atoms with Crippen LogP contribution in [0.1, 0.15) is 58.4 Å². The van der Waals surface area contributed by atoms with Crippen LogP contribution < -0.4 is 15.5 Å². The second kappa shape index (κ2) is 14.2. The highest BCUT2D eigenvalue weighted by atomic mass is 19.4. The van der Waals surface area contributed by atoms with Crippen LogP contribution in [0.2, 0.25) is 0 Å². The Labute approximate surface area is 297 Å². The zero-order valence-electron chi connectivity index (χ0n) is 28.5. The zero-order valence-corrected chi connectivity index (χ0v) is 28.5. The summed E-state index contributed by atoms with van der Waals surface area (Å²) < 4.78 is 62.1. The molecule has 1 saturated heterocycles. The summed E-state index contributed by atoms with van der Waals surface area (Å²) in [5.41, 5.74) is 0.217. The number of morpholine rings is 1. The fourth-order valence-corrected chi connectivity index (χ4v) is 7.19. The van der Waals surface area contributed by atoms with Crippen molar-refractivity contribution >= 4 is 23.5 Å². The summed E-state index contributed by atoms with van der Waals surface area (Å²) in [5.74, 6) is -2.59. The number of halogens is 4. The fraction of sp³-hybridized carbons (Fsp3) is 0.368. The number of nitrogens with one attached hydrogen (secondary N) is 2. The van der Waals surface area contributed by atoms with Gasteiger partial charge >= 0.3 is 6.18 Å². The van der Waals surface area contributed by atoms with E-state index in [0.29, 0.717) is 48.1 Å². The van der Waals surface area contributed by atoms with E-state index >= 15 is 0 Å². The number of hydrogen-bond donors (Lipinski definition) is 2. The Hall–Kier alpha value is -5.08. The SMILES string of the molecule is CCN1C(=O)[C@@H](NC(=O)c2cccc(C(F)(F)F)c2)[C@@H](c2ccc(F)cc2)c2c(CNC(=O)C3(CN4CCOCC4)CC3)nn(-c3ccccc3)c21. The van der Waals surface area contributed by atoms with E-state index in [2.05, 4.69) is 15.5 Å². The van der Waals surface area contributed by atoms with E-state index in [9.17, 15) is 31.9 Å². The van der Waals surface area contributed by atoms with Crippen molar-refractivity contribution in [3.63, 3.8) is 0 Å². The van der Waals surface area contributed by atoms with Gasteiger partial charge in [0, 0.05) is 43.2 Å². The molecule has 3 amide bonds. The summed E-state index contributed by atoms with van der Waals surface area (Å²) in [6, 6.07) is 17.3. The third-order valence-electron chi connectivity index (χ3n) is 10.1. The lowest BCUT2D eigenvalue weighted by Crippen LogP contribution is -2.55. The first-order valence-electron chi connectivity index (χ1n) is 17.3. The molecule has 1 aliphatic carbocycles. The minimum Gasteiger partial charge on any atom is -0.379 e. The van der Waals surface area contributed by atoms with E-state index in [1.54, 1.807) is 11.6 Å². The van der Waals surface area contributed by atoms with Crippen molar-refractivity contribution in [1.29, 1.82) is 0 Å². The average Bonchev–Trinajstić information content (AvgIpc) is 3.84. The molecule has 14 heteroatoms. The first kappa shape index (κ1) is 35.3. The van der Waals surface area contributed by atoms with Crippen molar-refractivity contribution in [3.05, 3.63) is 113 Å². The molecule has 2 N–H and O–H groups in total. The highest BCUT2D eigenvalue weighted by molar-refractivity contribution is 6.05. The molecule has 0 bridgehead atoms. The van der Waals surface area contributed by atoms with Gasteiger partial charge in [0.25, 0.3) is 11.8 Å². The largest absolute Gasteiger partial charge is 0.416 e. The van der Waals surface area contributed by atoms with E-state index in [4.69, 9.17) is 9.84 Å². The van der Waals surface area contributed by atoms with Crippen LogP contribution in [-0.4, -0.2) is 77.8 Å². The molecular weight excluding hydrogens is 680 g/mol. The van der Waals surface area contributed by atoms with Crippen molar-refractivity contribution in [3.8, 4) is 5.69 Å². The number of hydrogen-bond acceptors (Lipinski definition) is 6. The summed E-state index contributed by atoms with van der Waals surface area (Å²) in [5, 5.41) is 10.8. The van der Waals surface area contributed by atoms with Crippen LogP contribution in [0.3, 0.4) is 0 Å². The standard InChI is InChI=1S/C38H38F4N6O4/c1-2-47-34-31(29(45-48(34)28-9-4-3-5-10-28)22-43-36(51)37(15-16-37)23-46-17-19-52-20-18-46)30(24-11-13-27(39)14-12-24)32(35(47)50)44-33(49)25-7-6-8-26(21-25)38(40,41)42/h3-14,21,30,32H,2,15-20,22-23H2,1H3,(H,43,51)(H,44,49)/t30-,32-/m0/s1.